The third-order valence-electron chi connectivity index (χ3n) is 7.21. The Hall–Kier alpha value is -4.71. The minimum absolute atomic E-state index is 0.0255. The molecule has 1 atom stereocenters. The number of hydrogen-bond donors (Lipinski definition) is 2. The molecule has 0 bridgehead atoms. The Morgan fingerprint density at radius 1 is 0.872 bits per heavy atom. The molecule has 0 saturated carbocycles. The topological polar surface area (TPSA) is 102 Å². The summed E-state index contributed by atoms with van der Waals surface area (Å²) >= 11 is 0. The molecule has 1 unspecified atom stereocenters. The number of hydrogen-bond acceptors (Lipinski definition) is 5. The van der Waals surface area contributed by atoms with E-state index in [0.29, 0.717) is 41.0 Å². The number of para-hydroxylation sites is 1. The summed E-state index contributed by atoms with van der Waals surface area (Å²) in [5.41, 5.74) is 1.05. The van der Waals surface area contributed by atoms with E-state index in [1.165, 1.54) is 12.1 Å². The summed E-state index contributed by atoms with van der Waals surface area (Å²) in [4.78, 5) is 26.0. The van der Waals surface area contributed by atoms with Gasteiger partial charge >= 0.3 is 6.18 Å². The molecule has 7 nitrogen and oxygen atoms in total. The van der Waals surface area contributed by atoms with Crippen molar-refractivity contribution in [3.05, 3.63) is 131 Å². The van der Waals surface area contributed by atoms with Gasteiger partial charge in [0.05, 0.1) is 16.5 Å². The molecule has 0 fully saturated rings. The Kier molecular flexibility index (Phi) is 11.4. The molecule has 4 aromatic carbocycles. The predicted octanol–water partition coefficient (Wildman–Crippen LogP) is 7.38. The highest BCUT2D eigenvalue weighted by molar-refractivity contribution is 7.90. The number of rotatable bonds is 13. The smallest absolute Gasteiger partial charge is 0.416 e. The minimum Gasteiger partial charge on any atom is -0.489 e. The fourth-order valence-corrected chi connectivity index (χ4v) is 5.85. The Labute approximate surface area is 271 Å². The van der Waals surface area contributed by atoms with Crippen LogP contribution in [-0.2, 0) is 34.0 Å². The van der Waals surface area contributed by atoms with Crippen molar-refractivity contribution in [2.45, 2.75) is 56.8 Å². The van der Waals surface area contributed by atoms with E-state index in [1.807, 2.05) is 36.8 Å². The Morgan fingerprint density at radius 3 is 2.15 bits per heavy atom. The highest BCUT2D eigenvalue weighted by Crippen LogP contribution is 2.30. The fraction of sp³-hybridized carbons (Fsp3) is 0.257. The van der Waals surface area contributed by atoms with E-state index < -0.39 is 50.3 Å². The van der Waals surface area contributed by atoms with Crippen molar-refractivity contribution >= 4 is 21.8 Å². The first-order chi connectivity index (χ1) is 22.2. The molecule has 47 heavy (non-hydrogen) atoms. The van der Waals surface area contributed by atoms with Gasteiger partial charge in [0.25, 0.3) is 15.9 Å². The Balaban J connectivity index is 1.54. The molecule has 4 aromatic rings. The zero-order chi connectivity index (χ0) is 34.2. The lowest BCUT2D eigenvalue weighted by atomic mass is 9.95. The average Bonchev–Trinajstić information content (AvgIpc) is 3.02. The van der Waals surface area contributed by atoms with Crippen molar-refractivity contribution in [2.24, 2.45) is 5.92 Å². The lowest BCUT2D eigenvalue weighted by Crippen LogP contribution is -2.32. The maximum atomic E-state index is 13.8. The third kappa shape index (κ3) is 10.1. The van der Waals surface area contributed by atoms with Gasteiger partial charge in [-0.1, -0.05) is 56.3 Å². The van der Waals surface area contributed by atoms with Crippen molar-refractivity contribution in [2.75, 3.05) is 0 Å². The van der Waals surface area contributed by atoms with Crippen molar-refractivity contribution in [3.8, 4) is 5.75 Å². The first-order valence-corrected chi connectivity index (χ1v) is 16.3. The van der Waals surface area contributed by atoms with Crippen molar-refractivity contribution in [3.63, 3.8) is 0 Å². The van der Waals surface area contributed by atoms with Crippen LogP contribution in [-0.4, -0.2) is 20.2 Å². The number of carbonyl (C=O) groups is 2. The number of carbonyl (C=O) groups excluding carboxylic acids is 2. The van der Waals surface area contributed by atoms with Gasteiger partial charge in [-0.2, -0.15) is 13.2 Å². The molecule has 248 valence electrons. The minimum atomic E-state index is -4.65. The number of aryl methyl sites for hydroxylation is 1. The maximum Gasteiger partial charge on any atom is 0.416 e. The number of benzene rings is 4. The van der Waals surface area contributed by atoms with Gasteiger partial charge in [0.2, 0.25) is 5.91 Å². The Morgan fingerprint density at radius 2 is 1.53 bits per heavy atom. The summed E-state index contributed by atoms with van der Waals surface area (Å²) in [6, 6.07) is 22.3. The van der Waals surface area contributed by atoms with Gasteiger partial charge in [0, 0.05) is 12.0 Å². The second-order valence-electron chi connectivity index (χ2n) is 11.4. The van der Waals surface area contributed by atoms with E-state index in [9.17, 15) is 35.6 Å². The van der Waals surface area contributed by atoms with E-state index in [-0.39, 0.29) is 30.9 Å². The van der Waals surface area contributed by atoms with Crippen LogP contribution in [0.1, 0.15) is 65.3 Å². The first-order valence-electron chi connectivity index (χ1n) is 14.8. The van der Waals surface area contributed by atoms with E-state index in [1.54, 1.807) is 42.5 Å². The number of nitrogens with one attached hydrogen (secondary N) is 2. The predicted molar refractivity (Wildman–Crippen MR) is 168 cm³/mol. The summed E-state index contributed by atoms with van der Waals surface area (Å²) in [7, 11) is -4.44. The highest BCUT2D eigenvalue weighted by atomic mass is 32.2. The summed E-state index contributed by atoms with van der Waals surface area (Å²) in [6.07, 6.45) is -4.45. The molecule has 0 saturated heterocycles. The first kappa shape index (κ1) is 35.1. The molecular weight excluding hydrogens is 636 g/mol. The van der Waals surface area contributed by atoms with Crippen LogP contribution in [0.2, 0.25) is 0 Å². The number of halogens is 4. The van der Waals surface area contributed by atoms with Gasteiger partial charge in [-0.3, -0.25) is 9.59 Å². The van der Waals surface area contributed by atoms with Gasteiger partial charge in [-0.25, -0.2) is 17.5 Å². The lowest BCUT2D eigenvalue weighted by molar-refractivity contribution is -0.137. The van der Waals surface area contributed by atoms with Crippen LogP contribution in [0.5, 0.6) is 5.75 Å². The second kappa shape index (κ2) is 15.3. The number of ether oxygens (including phenoxy) is 1. The molecule has 12 heteroatoms. The van der Waals surface area contributed by atoms with E-state index in [4.69, 9.17) is 4.74 Å². The molecule has 2 amide bonds. The van der Waals surface area contributed by atoms with Gasteiger partial charge in [0.1, 0.15) is 18.2 Å². The van der Waals surface area contributed by atoms with Crippen LogP contribution in [0.3, 0.4) is 0 Å². The number of sulfonamides is 1. The summed E-state index contributed by atoms with van der Waals surface area (Å²) < 4.78 is 85.3. The molecule has 4 rings (SSSR count). The van der Waals surface area contributed by atoms with Crippen molar-refractivity contribution < 1.29 is 40.3 Å². The lowest BCUT2D eigenvalue weighted by Gasteiger charge is -2.22. The summed E-state index contributed by atoms with van der Waals surface area (Å²) in [5.74, 6) is -0.950. The zero-order valence-electron chi connectivity index (χ0n) is 25.7. The number of alkyl halides is 3. The Bertz CT molecular complexity index is 1780. The van der Waals surface area contributed by atoms with Gasteiger partial charge in [-0.05, 0) is 90.0 Å². The average molecular weight is 671 g/mol. The molecule has 0 aliphatic rings. The largest absolute Gasteiger partial charge is 0.489 e. The molecule has 0 radical (unpaired) electrons. The molecule has 0 aliphatic heterocycles. The molecule has 0 spiro atoms. The monoisotopic (exact) mass is 670 g/mol. The maximum absolute atomic E-state index is 13.8. The van der Waals surface area contributed by atoms with Gasteiger partial charge < -0.3 is 10.1 Å². The van der Waals surface area contributed by atoms with Crippen LogP contribution in [0.15, 0.2) is 102 Å². The molecule has 0 heterocycles. The standard InChI is InChI=1S/C35H34F4N2O5S/c1-23(2)20-32(26-10-15-28(36)16-11-26)40-34(43)31-21-24(22-46-29-6-4-3-5-7-29)8-9-25(31)12-19-33(42)41-47(44,45)30-17-13-27(14-18-30)35(37,38)39/h3-11,13-18,21,23,32H,12,19-20,22H2,1-2H3,(H,40,43)(H,41,42). The van der Waals surface area contributed by atoms with Crippen LogP contribution < -0.4 is 14.8 Å². The van der Waals surface area contributed by atoms with E-state index in [2.05, 4.69) is 5.32 Å². The van der Waals surface area contributed by atoms with Crippen molar-refractivity contribution in [1.82, 2.24) is 10.0 Å². The highest BCUT2D eigenvalue weighted by Gasteiger charge is 2.31. The number of amides is 2. The van der Waals surface area contributed by atoms with Crippen LogP contribution in [0.4, 0.5) is 17.6 Å². The summed E-state index contributed by atoms with van der Waals surface area (Å²) in [6.45, 7) is 4.13. The van der Waals surface area contributed by atoms with E-state index in [0.717, 1.165) is 12.1 Å². The SMILES string of the molecule is CC(C)CC(NC(=O)c1cc(COc2ccccc2)ccc1CCC(=O)NS(=O)(=O)c1ccc(C(F)(F)F)cc1)c1ccc(F)cc1. The zero-order valence-corrected chi connectivity index (χ0v) is 26.5. The van der Waals surface area contributed by atoms with Crippen LogP contribution in [0.25, 0.3) is 0 Å². The summed E-state index contributed by atoms with van der Waals surface area (Å²) in [5, 5.41) is 3.03. The van der Waals surface area contributed by atoms with Crippen LogP contribution in [0, 0.1) is 11.7 Å². The van der Waals surface area contributed by atoms with Gasteiger partial charge in [0.15, 0.2) is 0 Å². The molecule has 2 N–H and O–H groups in total. The second-order valence-corrected chi connectivity index (χ2v) is 13.0. The third-order valence-corrected chi connectivity index (χ3v) is 8.60. The normalized spacial score (nSPS) is 12.4. The van der Waals surface area contributed by atoms with Crippen LogP contribution >= 0.6 is 0 Å². The van der Waals surface area contributed by atoms with E-state index >= 15 is 0 Å². The molecule has 0 aromatic heterocycles. The van der Waals surface area contributed by atoms with Crippen molar-refractivity contribution in [1.29, 1.82) is 0 Å². The fourth-order valence-electron chi connectivity index (χ4n) is 4.84. The molecular formula is C35H34F4N2O5S. The van der Waals surface area contributed by atoms with Gasteiger partial charge in [-0.15, -0.1) is 0 Å². The quantitative estimate of drug-likeness (QED) is 0.145. The molecule has 0 aliphatic carbocycles.